The summed E-state index contributed by atoms with van der Waals surface area (Å²) in [5, 5.41) is 10.4. The third-order valence-corrected chi connectivity index (χ3v) is 6.30. The van der Waals surface area contributed by atoms with E-state index in [2.05, 4.69) is 20.5 Å². The second kappa shape index (κ2) is 7.98. The van der Waals surface area contributed by atoms with Crippen molar-refractivity contribution in [2.75, 3.05) is 13.2 Å². The highest BCUT2D eigenvalue weighted by molar-refractivity contribution is 7.85. The molecule has 3 heterocycles. The van der Waals surface area contributed by atoms with E-state index in [-0.39, 0.29) is 11.2 Å². The Morgan fingerprint density at radius 1 is 1.30 bits per heavy atom. The number of ether oxygens (including phenoxy) is 1. The summed E-state index contributed by atoms with van der Waals surface area (Å²) >= 11 is 0. The topological polar surface area (TPSA) is 97.0 Å². The third kappa shape index (κ3) is 4.06. The number of aromatic amines is 1. The zero-order chi connectivity index (χ0) is 18.6. The molecule has 1 fully saturated rings. The molecule has 1 aliphatic rings. The number of amides is 1. The highest BCUT2D eigenvalue weighted by atomic mass is 32.2. The molecule has 2 unspecified atom stereocenters. The van der Waals surface area contributed by atoms with Gasteiger partial charge in [-0.2, -0.15) is 5.10 Å². The Hall–Kier alpha value is -2.58. The predicted molar refractivity (Wildman–Crippen MR) is 102 cm³/mol. The molecule has 1 amide bonds. The summed E-state index contributed by atoms with van der Waals surface area (Å²) in [7, 11) is -1.06. The van der Waals surface area contributed by atoms with Crippen molar-refractivity contribution in [2.24, 2.45) is 0 Å². The van der Waals surface area contributed by atoms with Gasteiger partial charge in [0.25, 0.3) is 5.91 Å². The first kappa shape index (κ1) is 17.8. The van der Waals surface area contributed by atoms with Gasteiger partial charge in [-0.25, -0.2) is 4.98 Å². The number of carbonyl (C=O) groups is 1. The minimum atomic E-state index is -1.06. The van der Waals surface area contributed by atoms with Gasteiger partial charge in [-0.15, -0.1) is 0 Å². The number of H-pyrrole nitrogens is 1. The number of nitrogens with one attached hydrogen (secondary N) is 2. The van der Waals surface area contributed by atoms with Crippen LogP contribution in [0.1, 0.15) is 28.8 Å². The van der Waals surface area contributed by atoms with Crippen LogP contribution in [0.25, 0.3) is 11.0 Å². The maximum Gasteiger partial charge on any atom is 0.253 e. The van der Waals surface area contributed by atoms with Gasteiger partial charge in [-0.3, -0.25) is 14.1 Å². The zero-order valence-electron chi connectivity index (χ0n) is 14.7. The van der Waals surface area contributed by atoms with E-state index < -0.39 is 10.8 Å². The molecule has 27 heavy (non-hydrogen) atoms. The van der Waals surface area contributed by atoms with Crippen LogP contribution in [0.2, 0.25) is 0 Å². The maximum absolute atomic E-state index is 12.6. The van der Waals surface area contributed by atoms with Gasteiger partial charge in [0.15, 0.2) is 5.65 Å². The molecule has 0 radical (unpaired) electrons. The van der Waals surface area contributed by atoms with Crippen LogP contribution in [0.3, 0.4) is 0 Å². The number of aromatic nitrogens is 3. The Kier molecular flexibility index (Phi) is 5.26. The second-order valence-electron chi connectivity index (χ2n) is 6.50. The van der Waals surface area contributed by atoms with E-state index in [1.165, 1.54) is 6.20 Å². The van der Waals surface area contributed by atoms with Crippen molar-refractivity contribution in [3.63, 3.8) is 0 Å². The summed E-state index contributed by atoms with van der Waals surface area (Å²) in [6.45, 7) is 1.70. The van der Waals surface area contributed by atoms with Gasteiger partial charge in [0.05, 0.1) is 34.4 Å². The fourth-order valence-electron chi connectivity index (χ4n) is 3.06. The first-order chi connectivity index (χ1) is 13.2. The molecule has 3 aromatic rings. The normalized spacial score (nSPS) is 18.3. The largest absolute Gasteiger partial charge is 0.380 e. The molecule has 0 bridgehead atoms. The van der Waals surface area contributed by atoms with Crippen molar-refractivity contribution in [2.45, 2.75) is 29.5 Å². The summed E-state index contributed by atoms with van der Waals surface area (Å²) < 4.78 is 18.0. The number of carbonyl (C=O) groups excluding carboxylic acids is 1. The van der Waals surface area contributed by atoms with Crippen molar-refractivity contribution in [1.29, 1.82) is 0 Å². The van der Waals surface area contributed by atoms with Crippen LogP contribution in [0, 0.1) is 0 Å². The molecule has 0 spiro atoms. The molecule has 0 aliphatic carbocycles. The van der Waals surface area contributed by atoms with Crippen molar-refractivity contribution in [3.05, 3.63) is 53.9 Å². The number of hydrogen-bond acceptors (Lipinski definition) is 5. The lowest BCUT2D eigenvalue weighted by Crippen LogP contribution is -2.27. The zero-order valence-corrected chi connectivity index (χ0v) is 15.5. The van der Waals surface area contributed by atoms with Crippen LogP contribution in [0.4, 0.5) is 0 Å². The lowest BCUT2D eigenvalue weighted by Gasteiger charge is -2.21. The molecule has 140 valence electrons. The Morgan fingerprint density at radius 3 is 2.93 bits per heavy atom. The number of rotatable bonds is 5. The monoisotopic (exact) mass is 384 g/mol. The van der Waals surface area contributed by atoms with Gasteiger partial charge < -0.3 is 10.1 Å². The minimum absolute atomic E-state index is 0.0645. The molecule has 2 aromatic heterocycles. The Labute approximate surface area is 159 Å². The highest BCUT2D eigenvalue weighted by Crippen LogP contribution is 2.19. The van der Waals surface area contributed by atoms with E-state index in [9.17, 15) is 9.00 Å². The van der Waals surface area contributed by atoms with Crippen molar-refractivity contribution in [1.82, 2.24) is 20.5 Å². The summed E-state index contributed by atoms with van der Waals surface area (Å²) in [4.78, 5) is 17.3. The van der Waals surface area contributed by atoms with Crippen molar-refractivity contribution < 1.29 is 13.7 Å². The predicted octanol–water partition coefficient (Wildman–Crippen LogP) is 2.17. The van der Waals surface area contributed by atoms with Crippen molar-refractivity contribution >= 4 is 27.7 Å². The Morgan fingerprint density at radius 2 is 2.15 bits per heavy atom. The minimum Gasteiger partial charge on any atom is -0.380 e. The lowest BCUT2D eigenvalue weighted by atomic mass is 10.2. The molecule has 4 rings (SSSR count). The standard InChI is InChI=1S/C19H20N4O3S/c24-19(15-8-14-11-22-23-18(14)20-10-15)21-9-13-3-5-16(6-4-13)27(25)17-2-1-7-26-12-17/h3-6,8,10-11,17H,1-2,7,9,12H2,(H,21,24)(H,20,22,23). The number of nitrogens with zero attached hydrogens (tertiary/aromatic N) is 2. The van der Waals surface area contributed by atoms with E-state index in [1.807, 2.05) is 24.3 Å². The van der Waals surface area contributed by atoms with Gasteiger partial charge in [0, 0.05) is 29.6 Å². The molecule has 8 heteroatoms. The molecule has 2 N–H and O–H groups in total. The van der Waals surface area contributed by atoms with Crippen LogP contribution < -0.4 is 5.32 Å². The Balaban J connectivity index is 1.36. The highest BCUT2D eigenvalue weighted by Gasteiger charge is 2.21. The van der Waals surface area contributed by atoms with Gasteiger partial charge in [0.2, 0.25) is 0 Å². The van der Waals surface area contributed by atoms with Gasteiger partial charge in [0.1, 0.15) is 0 Å². The van der Waals surface area contributed by atoms with Gasteiger partial charge in [-0.1, -0.05) is 12.1 Å². The van der Waals surface area contributed by atoms with Crippen LogP contribution in [0.5, 0.6) is 0 Å². The average molecular weight is 384 g/mol. The van der Waals surface area contributed by atoms with Crippen LogP contribution in [0.15, 0.2) is 47.6 Å². The molecule has 1 aliphatic heterocycles. The molecular formula is C19H20N4O3S. The smallest absolute Gasteiger partial charge is 0.253 e. The van der Waals surface area contributed by atoms with Crippen molar-refractivity contribution in [3.8, 4) is 0 Å². The molecular weight excluding hydrogens is 364 g/mol. The summed E-state index contributed by atoms with van der Waals surface area (Å²) in [5.74, 6) is -0.197. The number of hydrogen-bond donors (Lipinski definition) is 2. The van der Waals surface area contributed by atoms with Crippen LogP contribution in [-0.2, 0) is 22.1 Å². The fourth-order valence-corrected chi connectivity index (χ4v) is 4.45. The molecule has 1 aromatic carbocycles. The summed E-state index contributed by atoms with van der Waals surface area (Å²) in [6, 6.07) is 9.28. The second-order valence-corrected chi connectivity index (χ2v) is 8.23. The quantitative estimate of drug-likeness (QED) is 0.703. The van der Waals surface area contributed by atoms with Gasteiger partial charge >= 0.3 is 0 Å². The number of benzene rings is 1. The average Bonchev–Trinajstić information content (AvgIpc) is 3.20. The summed E-state index contributed by atoms with van der Waals surface area (Å²) in [6.07, 6.45) is 5.04. The van der Waals surface area contributed by atoms with Crippen LogP contribution >= 0.6 is 0 Å². The van der Waals surface area contributed by atoms with Crippen LogP contribution in [-0.4, -0.2) is 43.8 Å². The molecule has 7 nitrogen and oxygen atoms in total. The first-order valence-electron chi connectivity index (χ1n) is 8.85. The SMILES string of the molecule is O=C(NCc1ccc(S(=O)C2CCCOC2)cc1)c1cnc2[nH]ncc2c1. The van der Waals surface area contributed by atoms with E-state index in [1.54, 1.807) is 12.3 Å². The molecule has 0 saturated carbocycles. The summed E-state index contributed by atoms with van der Waals surface area (Å²) in [5.41, 5.74) is 2.08. The Bertz CT molecular complexity index is 965. The van der Waals surface area contributed by atoms with E-state index in [0.29, 0.717) is 24.4 Å². The number of pyridine rings is 1. The maximum atomic E-state index is 12.6. The number of fused-ring (bicyclic) bond motifs is 1. The third-order valence-electron chi connectivity index (χ3n) is 4.58. The molecule has 2 atom stereocenters. The first-order valence-corrected chi connectivity index (χ1v) is 10.1. The van der Waals surface area contributed by atoms with E-state index in [4.69, 9.17) is 4.74 Å². The molecule has 1 saturated heterocycles. The lowest BCUT2D eigenvalue weighted by molar-refractivity contribution is 0.0950. The van der Waals surface area contributed by atoms with E-state index >= 15 is 0 Å². The van der Waals surface area contributed by atoms with Gasteiger partial charge in [-0.05, 0) is 36.6 Å². The fraction of sp³-hybridized carbons (Fsp3) is 0.316. The van der Waals surface area contributed by atoms with E-state index in [0.717, 1.165) is 35.3 Å².